The summed E-state index contributed by atoms with van der Waals surface area (Å²) in [6.07, 6.45) is 10.1. The molecule has 2 fully saturated rings. The minimum absolute atomic E-state index is 0.0212. The Kier molecular flexibility index (Phi) is 9.81. The van der Waals surface area contributed by atoms with Crippen molar-refractivity contribution in [2.24, 2.45) is 0 Å². The predicted octanol–water partition coefficient (Wildman–Crippen LogP) is 6.25. The van der Waals surface area contributed by atoms with E-state index in [1.807, 2.05) is 26.8 Å². The third-order valence-electron chi connectivity index (χ3n) is 7.74. The van der Waals surface area contributed by atoms with Gasteiger partial charge in [0.2, 0.25) is 5.91 Å². The molecule has 230 valence electrons. The molecule has 2 aliphatic rings. The number of benzene rings is 2. The van der Waals surface area contributed by atoms with Gasteiger partial charge in [-0.25, -0.2) is 4.79 Å². The zero-order chi connectivity index (χ0) is 31.4. The molecule has 0 unspecified atom stereocenters. The summed E-state index contributed by atoms with van der Waals surface area (Å²) in [5.74, 6) is 2.46. The molecule has 0 atom stereocenters. The molecule has 0 bridgehead atoms. The zero-order valence-electron chi connectivity index (χ0n) is 25.5. The fourth-order valence-corrected chi connectivity index (χ4v) is 5.83. The molecule has 2 aromatic rings. The number of methoxy groups -OCH3 is 2. The number of hydrogen-bond donors (Lipinski definition) is 1. The molecule has 0 radical (unpaired) electrons. The van der Waals surface area contributed by atoms with Crippen LogP contribution in [0.2, 0.25) is 5.02 Å². The summed E-state index contributed by atoms with van der Waals surface area (Å²) >= 11 is 6.80. The molecule has 2 aromatic carbocycles. The molecule has 43 heavy (non-hydrogen) atoms. The van der Waals surface area contributed by atoms with Crippen molar-refractivity contribution in [3.63, 3.8) is 0 Å². The second-order valence-electron chi connectivity index (χ2n) is 12.0. The van der Waals surface area contributed by atoms with Crippen LogP contribution in [0, 0.1) is 12.3 Å². The Morgan fingerprint density at radius 1 is 1.05 bits per heavy atom. The van der Waals surface area contributed by atoms with Crippen molar-refractivity contribution in [1.82, 2.24) is 5.32 Å². The first kappa shape index (κ1) is 32.0. The topological polar surface area (TPSA) is 97.4 Å². The third-order valence-corrected chi connectivity index (χ3v) is 8.05. The van der Waals surface area contributed by atoms with Gasteiger partial charge in [-0.15, -0.1) is 6.42 Å². The number of nitrogens with one attached hydrogen (secondary N) is 1. The van der Waals surface area contributed by atoms with Crippen LogP contribution in [0.3, 0.4) is 0 Å². The second-order valence-corrected chi connectivity index (χ2v) is 12.4. The van der Waals surface area contributed by atoms with E-state index in [1.165, 1.54) is 4.90 Å². The van der Waals surface area contributed by atoms with Gasteiger partial charge in [-0.3, -0.25) is 19.4 Å². The van der Waals surface area contributed by atoms with Gasteiger partial charge < -0.3 is 19.5 Å². The number of terminal acetylenes is 1. The van der Waals surface area contributed by atoms with Crippen LogP contribution < -0.4 is 24.6 Å². The Balaban J connectivity index is 1.68. The lowest BCUT2D eigenvalue weighted by Gasteiger charge is -2.44. The normalized spacial score (nSPS) is 15.9. The lowest BCUT2D eigenvalue weighted by atomic mass is 9.78. The molecule has 0 aliphatic heterocycles. The Labute approximate surface area is 258 Å². The first-order valence-corrected chi connectivity index (χ1v) is 14.9. The van der Waals surface area contributed by atoms with Crippen molar-refractivity contribution in [2.45, 2.75) is 89.4 Å². The quantitative estimate of drug-likeness (QED) is 0.338. The second kappa shape index (κ2) is 13.2. The molecule has 0 saturated heterocycles. The summed E-state index contributed by atoms with van der Waals surface area (Å²) in [4.78, 5) is 43.6. The molecule has 0 heterocycles. The van der Waals surface area contributed by atoms with Gasteiger partial charge in [-0.1, -0.05) is 30.9 Å². The van der Waals surface area contributed by atoms with Gasteiger partial charge >= 0.3 is 12.0 Å². The molecular formula is C33H40ClN3O6. The van der Waals surface area contributed by atoms with E-state index in [0.717, 1.165) is 37.7 Å². The van der Waals surface area contributed by atoms with Crippen LogP contribution in [-0.2, 0) is 20.9 Å². The van der Waals surface area contributed by atoms with Gasteiger partial charge in [0.05, 0.1) is 24.9 Å². The van der Waals surface area contributed by atoms with E-state index in [4.69, 9.17) is 32.2 Å². The van der Waals surface area contributed by atoms with Crippen molar-refractivity contribution in [3.05, 3.63) is 47.0 Å². The Morgan fingerprint density at radius 3 is 2.30 bits per heavy atom. The lowest BCUT2D eigenvalue weighted by molar-refractivity contribution is -0.130. The number of carbonyl (C=O) groups excluding carboxylic acids is 3. The number of ether oxygens (including phenoxy) is 3. The summed E-state index contributed by atoms with van der Waals surface area (Å²) < 4.78 is 16.4. The first-order chi connectivity index (χ1) is 20.4. The summed E-state index contributed by atoms with van der Waals surface area (Å²) in [7, 11) is 3.12. The van der Waals surface area contributed by atoms with Gasteiger partial charge in [0, 0.05) is 29.9 Å². The predicted molar refractivity (Wildman–Crippen MR) is 167 cm³/mol. The minimum Gasteiger partial charge on any atom is -0.497 e. The highest BCUT2D eigenvalue weighted by Crippen LogP contribution is 2.42. The van der Waals surface area contributed by atoms with Crippen LogP contribution in [0.1, 0.15) is 71.3 Å². The van der Waals surface area contributed by atoms with Crippen molar-refractivity contribution in [2.75, 3.05) is 24.0 Å². The Bertz CT molecular complexity index is 1400. The Morgan fingerprint density at radius 2 is 1.74 bits per heavy atom. The summed E-state index contributed by atoms with van der Waals surface area (Å²) in [5.41, 5.74) is -0.288. The minimum atomic E-state index is -1.23. The van der Waals surface area contributed by atoms with Gasteiger partial charge in [-0.2, -0.15) is 0 Å². The molecular weight excluding hydrogens is 570 g/mol. The van der Waals surface area contributed by atoms with Gasteiger partial charge in [0.15, 0.2) is 0 Å². The van der Waals surface area contributed by atoms with E-state index in [1.54, 1.807) is 49.5 Å². The standard InChI is InChI=1S/C33H40ClN3O6/c1-7-29(38)37(24-14-16-27(26(34)19-24)36(23-12-13-23)31(40)43-32(2,3)4)33(17-9-8-10-18-33)30(39)35-21-22-11-15-25(41-5)20-28(22)42-6/h1,11,14-16,19-20,23H,8-10,12-13,17-18,21H2,2-6H3,(H,35,39). The zero-order valence-corrected chi connectivity index (χ0v) is 26.3. The molecule has 0 spiro atoms. The molecule has 2 aliphatic carbocycles. The summed E-state index contributed by atoms with van der Waals surface area (Å²) in [6, 6.07) is 10.3. The maximum absolute atomic E-state index is 14.1. The number of amides is 3. The number of halogens is 1. The summed E-state index contributed by atoms with van der Waals surface area (Å²) in [5, 5.41) is 3.28. The van der Waals surface area contributed by atoms with Gasteiger partial charge in [0.25, 0.3) is 0 Å². The SMILES string of the molecule is C#CC(=O)N(c1ccc(N(C(=O)OC(C)(C)C)C2CC2)c(Cl)c1)C1(C(=O)NCc2ccc(OC)cc2OC)CCCCC1. The molecule has 1 N–H and O–H groups in total. The first-order valence-electron chi connectivity index (χ1n) is 14.6. The van der Waals surface area contributed by atoms with E-state index in [-0.39, 0.29) is 23.5 Å². The van der Waals surface area contributed by atoms with Crippen molar-refractivity contribution < 1.29 is 28.6 Å². The fourth-order valence-electron chi connectivity index (χ4n) is 5.57. The van der Waals surface area contributed by atoms with Crippen molar-refractivity contribution in [1.29, 1.82) is 0 Å². The summed E-state index contributed by atoms with van der Waals surface area (Å²) in [6.45, 7) is 5.61. The molecule has 0 aromatic heterocycles. The van der Waals surface area contributed by atoms with E-state index in [2.05, 4.69) is 11.2 Å². The van der Waals surface area contributed by atoms with Crippen LogP contribution >= 0.6 is 11.6 Å². The van der Waals surface area contributed by atoms with Crippen LogP contribution in [-0.4, -0.2) is 49.3 Å². The van der Waals surface area contributed by atoms with Crippen LogP contribution in [0.25, 0.3) is 0 Å². The van der Waals surface area contributed by atoms with Crippen LogP contribution in [0.5, 0.6) is 11.5 Å². The molecule has 10 heteroatoms. The van der Waals surface area contributed by atoms with Crippen molar-refractivity contribution >= 4 is 40.9 Å². The van der Waals surface area contributed by atoms with Gasteiger partial charge in [-0.05, 0) is 82.7 Å². The highest BCUT2D eigenvalue weighted by molar-refractivity contribution is 6.34. The maximum atomic E-state index is 14.1. The molecule has 4 rings (SSSR count). The van der Waals surface area contributed by atoms with E-state index in [0.29, 0.717) is 35.7 Å². The highest BCUT2D eigenvalue weighted by atomic mass is 35.5. The number of hydrogen-bond acceptors (Lipinski definition) is 6. The van der Waals surface area contributed by atoms with E-state index in [9.17, 15) is 14.4 Å². The fraction of sp³-hybridized carbons (Fsp3) is 0.485. The number of nitrogens with zero attached hydrogens (tertiary/aromatic N) is 2. The molecule has 9 nitrogen and oxygen atoms in total. The monoisotopic (exact) mass is 609 g/mol. The Hall–Kier alpha value is -3.90. The number of anilines is 2. The van der Waals surface area contributed by atoms with E-state index >= 15 is 0 Å². The van der Waals surface area contributed by atoms with Crippen molar-refractivity contribution in [3.8, 4) is 23.8 Å². The average Bonchev–Trinajstić information content (AvgIpc) is 3.81. The van der Waals surface area contributed by atoms with E-state index < -0.39 is 23.1 Å². The number of carbonyl (C=O) groups is 3. The smallest absolute Gasteiger partial charge is 0.415 e. The van der Waals surface area contributed by atoms with Crippen LogP contribution in [0.4, 0.5) is 16.2 Å². The maximum Gasteiger partial charge on any atom is 0.415 e. The third kappa shape index (κ3) is 7.19. The average molecular weight is 610 g/mol. The van der Waals surface area contributed by atoms with Gasteiger partial charge in [0.1, 0.15) is 22.6 Å². The lowest BCUT2D eigenvalue weighted by Crippen LogP contribution is -2.61. The molecule has 2 saturated carbocycles. The highest BCUT2D eigenvalue weighted by Gasteiger charge is 2.48. The van der Waals surface area contributed by atoms with Crippen LogP contribution in [0.15, 0.2) is 36.4 Å². The molecule has 3 amide bonds. The number of rotatable bonds is 9. The largest absolute Gasteiger partial charge is 0.497 e.